The minimum atomic E-state index is -2.23. The van der Waals surface area contributed by atoms with Gasteiger partial charge >= 0.3 is 0 Å². The number of rotatable bonds is 2. The van der Waals surface area contributed by atoms with Crippen LogP contribution in [0, 0.1) is 29.1 Å². The van der Waals surface area contributed by atoms with Crippen molar-refractivity contribution in [3.05, 3.63) is 45.8 Å². The van der Waals surface area contributed by atoms with E-state index in [0.717, 1.165) is 0 Å². The molecule has 2 aromatic rings. The summed E-state index contributed by atoms with van der Waals surface area (Å²) in [4.78, 5) is 3.68. The van der Waals surface area contributed by atoms with E-state index in [1.165, 1.54) is 12.3 Å². The highest BCUT2D eigenvalue weighted by Gasteiger charge is 2.26. The molecule has 20 heavy (non-hydrogen) atoms. The summed E-state index contributed by atoms with van der Waals surface area (Å²) in [6.45, 7) is 0. The van der Waals surface area contributed by atoms with Gasteiger partial charge in [0, 0.05) is 10.7 Å². The number of aromatic nitrogens is 1. The van der Waals surface area contributed by atoms with Gasteiger partial charge in [0.05, 0.1) is 5.69 Å². The Balaban J connectivity index is 2.54. The normalized spacial score (nSPS) is 10.7. The number of nitrogens with one attached hydrogen (secondary N) is 1. The van der Waals surface area contributed by atoms with E-state index in [1.807, 2.05) is 5.32 Å². The largest absolute Gasteiger partial charge is 0.396 e. The lowest BCUT2D eigenvalue weighted by Gasteiger charge is -2.11. The van der Waals surface area contributed by atoms with Crippen LogP contribution in [0.3, 0.4) is 0 Å². The van der Waals surface area contributed by atoms with Crippen molar-refractivity contribution in [1.82, 2.24) is 4.98 Å². The molecule has 106 valence electrons. The van der Waals surface area contributed by atoms with E-state index in [9.17, 15) is 22.0 Å². The summed E-state index contributed by atoms with van der Waals surface area (Å²) < 4.78 is 66.2. The van der Waals surface area contributed by atoms with Crippen LogP contribution < -0.4 is 11.1 Å². The van der Waals surface area contributed by atoms with E-state index in [1.54, 1.807) is 0 Å². The standard InChI is InChI=1S/C11H5BrF5N3/c12-3-1-4(18)11(19-2-3)20-10-8(16)6(14)5(13)7(15)9(10)17/h1-2H,18H2,(H,19,20). The summed E-state index contributed by atoms with van der Waals surface area (Å²) in [6.07, 6.45) is 1.24. The fourth-order valence-corrected chi connectivity index (χ4v) is 1.74. The minimum Gasteiger partial charge on any atom is -0.396 e. The minimum absolute atomic E-state index is 0.0386. The lowest BCUT2D eigenvalue weighted by molar-refractivity contribution is 0.382. The average Bonchev–Trinajstić information content (AvgIpc) is 2.41. The monoisotopic (exact) mass is 353 g/mol. The Hall–Kier alpha value is -1.90. The van der Waals surface area contributed by atoms with Gasteiger partial charge in [-0.3, -0.25) is 0 Å². The number of pyridine rings is 1. The van der Waals surface area contributed by atoms with Gasteiger partial charge in [0.2, 0.25) is 5.82 Å². The van der Waals surface area contributed by atoms with Crippen LogP contribution in [0.4, 0.5) is 39.1 Å². The van der Waals surface area contributed by atoms with E-state index in [0.29, 0.717) is 4.47 Å². The van der Waals surface area contributed by atoms with Crippen LogP contribution in [0.25, 0.3) is 0 Å². The lowest BCUT2D eigenvalue weighted by Crippen LogP contribution is -2.08. The molecular formula is C11H5BrF5N3. The third kappa shape index (κ3) is 2.40. The molecule has 0 aliphatic carbocycles. The quantitative estimate of drug-likeness (QED) is 0.489. The zero-order valence-electron chi connectivity index (χ0n) is 9.45. The van der Waals surface area contributed by atoms with Crippen molar-refractivity contribution >= 4 is 33.1 Å². The van der Waals surface area contributed by atoms with E-state index in [-0.39, 0.29) is 11.5 Å². The van der Waals surface area contributed by atoms with Gasteiger partial charge in [0.15, 0.2) is 29.1 Å². The van der Waals surface area contributed by atoms with Crippen molar-refractivity contribution in [2.45, 2.75) is 0 Å². The Morgan fingerprint density at radius 2 is 1.45 bits per heavy atom. The molecule has 0 radical (unpaired) electrons. The molecule has 0 saturated carbocycles. The molecule has 0 amide bonds. The second-order valence-corrected chi connectivity index (χ2v) is 4.58. The average molecular weight is 354 g/mol. The first-order chi connectivity index (χ1) is 9.32. The zero-order valence-corrected chi connectivity index (χ0v) is 11.0. The summed E-state index contributed by atoms with van der Waals surface area (Å²) in [5, 5.41) is 1.99. The maximum atomic E-state index is 13.4. The second kappa shape index (κ2) is 5.23. The first-order valence-electron chi connectivity index (χ1n) is 5.02. The molecule has 1 heterocycles. The molecule has 3 nitrogen and oxygen atoms in total. The van der Waals surface area contributed by atoms with Gasteiger partial charge in [-0.2, -0.15) is 0 Å². The maximum Gasteiger partial charge on any atom is 0.200 e. The smallest absolute Gasteiger partial charge is 0.200 e. The Morgan fingerprint density at radius 3 is 1.95 bits per heavy atom. The maximum absolute atomic E-state index is 13.4. The Bertz CT molecular complexity index is 663. The molecule has 0 unspecified atom stereocenters. The molecule has 0 aliphatic heterocycles. The van der Waals surface area contributed by atoms with Gasteiger partial charge in [0.1, 0.15) is 5.69 Å². The predicted octanol–water partition coefficient (Wildman–Crippen LogP) is 3.87. The van der Waals surface area contributed by atoms with Crippen LogP contribution in [0.15, 0.2) is 16.7 Å². The summed E-state index contributed by atoms with van der Waals surface area (Å²) >= 11 is 3.06. The number of nitrogen functional groups attached to an aromatic ring is 1. The number of hydrogen-bond acceptors (Lipinski definition) is 3. The summed E-state index contributed by atoms with van der Waals surface area (Å²) in [5.41, 5.74) is 4.26. The van der Waals surface area contributed by atoms with Gasteiger partial charge in [-0.1, -0.05) is 0 Å². The van der Waals surface area contributed by atoms with E-state index < -0.39 is 34.8 Å². The Morgan fingerprint density at radius 1 is 0.950 bits per heavy atom. The number of benzene rings is 1. The predicted molar refractivity (Wildman–Crippen MR) is 65.9 cm³/mol. The molecule has 0 bridgehead atoms. The highest BCUT2D eigenvalue weighted by atomic mass is 79.9. The van der Waals surface area contributed by atoms with Gasteiger partial charge in [-0.15, -0.1) is 0 Å². The summed E-state index contributed by atoms with van der Waals surface area (Å²) in [5.74, 6) is -10.6. The van der Waals surface area contributed by atoms with Gasteiger partial charge in [-0.25, -0.2) is 26.9 Å². The molecule has 0 fully saturated rings. The van der Waals surface area contributed by atoms with Crippen molar-refractivity contribution < 1.29 is 22.0 Å². The van der Waals surface area contributed by atoms with Crippen LogP contribution >= 0.6 is 15.9 Å². The first kappa shape index (κ1) is 14.5. The van der Waals surface area contributed by atoms with Crippen molar-refractivity contribution in [2.24, 2.45) is 0 Å². The molecule has 1 aromatic heterocycles. The zero-order chi connectivity index (χ0) is 15.0. The molecule has 1 aromatic carbocycles. The van der Waals surface area contributed by atoms with Crippen LogP contribution in [-0.4, -0.2) is 4.98 Å². The molecule has 2 rings (SSSR count). The fraction of sp³-hybridized carbons (Fsp3) is 0. The fourth-order valence-electron chi connectivity index (χ4n) is 1.39. The molecule has 0 atom stereocenters. The molecule has 3 N–H and O–H groups in total. The molecule has 0 saturated heterocycles. The number of nitrogens with zero attached hydrogens (tertiary/aromatic N) is 1. The van der Waals surface area contributed by atoms with Gasteiger partial charge in [-0.05, 0) is 22.0 Å². The Kier molecular flexibility index (Phi) is 3.80. The highest BCUT2D eigenvalue weighted by molar-refractivity contribution is 9.10. The second-order valence-electron chi connectivity index (χ2n) is 3.66. The van der Waals surface area contributed by atoms with E-state index in [2.05, 4.69) is 20.9 Å². The molecule has 0 spiro atoms. The van der Waals surface area contributed by atoms with Gasteiger partial charge < -0.3 is 11.1 Å². The van der Waals surface area contributed by atoms with E-state index >= 15 is 0 Å². The lowest BCUT2D eigenvalue weighted by atomic mass is 10.2. The summed E-state index contributed by atoms with van der Waals surface area (Å²) in [6, 6.07) is 1.35. The van der Waals surface area contributed by atoms with Crippen molar-refractivity contribution in [2.75, 3.05) is 11.1 Å². The third-order valence-corrected chi connectivity index (χ3v) is 2.77. The topological polar surface area (TPSA) is 50.9 Å². The van der Waals surface area contributed by atoms with Gasteiger partial charge in [0.25, 0.3) is 0 Å². The number of hydrogen-bond donors (Lipinski definition) is 2. The van der Waals surface area contributed by atoms with Crippen LogP contribution in [0.2, 0.25) is 0 Å². The SMILES string of the molecule is Nc1cc(Br)cnc1Nc1c(F)c(F)c(F)c(F)c1F. The first-order valence-corrected chi connectivity index (χ1v) is 5.81. The molecule has 9 heteroatoms. The summed E-state index contributed by atoms with van der Waals surface area (Å²) in [7, 11) is 0. The van der Waals surface area contributed by atoms with Crippen molar-refractivity contribution in [3.63, 3.8) is 0 Å². The molecule has 0 aliphatic rings. The highest BCUT2D eigenvalue weighted by Crippen LogP contribution is 2.31. The number of halogens is 6. The number of nitrogens with two attached hydrogens (primary N) is 1. The van der Waals surface area contributed by atoms with Crippen molar-refractivity contribution in [1.29, 1.82) is 0 Å². The van der Waals surface area contributed by atoms with Crippen molar-refractivity contribution in [3.8, 4) is 0 Å². The molecular weight excluding hydrogens is 349 g/mol. The van der Waals surface area contributed by atoms with E-state index in [4.69, 9.17) is 5.73 Å². The van der Waals surface area contributed by atoms with Crippen LogP contribution in [0.5, 0.6) is 0 Å². The van der Waals surface area contributed by atoms with Crippen LogP contribution in [0.1, 0.15) is 0 Å². The number of anilines is 3. The Labute approximate surface area is 117 Å². The van der Waals surface area contributed by atoms with Crippen LogP contribution in [-0.2, 0) is 0 Å². The third-order valence-electron chi connectivity index (χ3n) is 2.34.